The highest BCUT2D eigenvalue weighted by Gasteiger charge is 2.28. The minimum absolute atomic E-state index is 0.221. The third-order valence-corrected chi connectivity index (χ3v) is 5.22. The van der Waals surface area contributed by atoms with Gasteiger partial charge in [-0.25, -0.2) is 8.78 Å². The molecule has 1 unspecified atom stereocenters. The van der Waals surface area contributed by atoms with Crippen molar-refractivity contribution in [3.05, 3.63) is 83.6 Å². The fourth-order valence-corrected chi connectivity index (χ4v) is 3.57. The van der Waals surface area contributed by atoms with Crippen LogP contribution in [-0.4, -0.2) is 41.9 Å². The number of piperazine rings is 1. The van der Waals surface area contributed by atoms with Crippen molar-refractivity contribution in [1.29, 1.82) is 5.26 Å². The fraction of sp³-hybridized carbons (Fsp3) is 0.217. The van der Waals surface area contributed by atoms with Gasteiger partial charge in [0.25, 0.3) is 5.91 Å². The van der Waals surface area contributed by atoms with Gasteiger partial charge in [0.05, 0.1) is 6.07 Å². The van der Waals surface area contributed by atoms with Gasteiger partial charge >= 0.3 is 0 Å². The first kappa shape index (κ1) is 19.8. The van der Waals surface area contributed by atoms with Crippen LogP contribution in [0, 0.1) is 23.0 Å². The first-order valence-electron chi connectivity index (χ1n) is 9.59. The lowest BCUT2D eigenvalue weighted by Gasteiger charge is -2.36. The molecule has 1 fully saturated rings. The molecule has 1 atom stereocenters. The zero-order valence-corrected chi connectivity index (χ0v) is 16.1. The van der Waals surface area contributed by atoms with Gasteiger partial charge < -0.3 is 9.32 Å². The molecule has 5 nitrogen and oxygen atoms in total. The van der Waals surface area contributed by atoms with Crippen LogP contribution in [-0.2, 0) is 0 Å². The van der Waals surface area contributed by atoms with Gasteiger partial charge in [0.15, 0.2) is 5.76 Å². The summed E-state index contributed by atoms with van der Waals surface area (Å²) in [6, 6.07) is 16.9. The lowest BCUT2D eigenvalue weighted by Crippen LogP contribution is -2.49. The van der Waals surface area contributed by atoms with Crippen molar-refractivity contribution in [2.24, 2.45) is 0 Å². The quantitative estimate of drug-likeness (QED) is 0.649. The summed E-state index contributed by atoms with van der Waals surface area (Å²) >= 11 is 0. The van der Waals surface area contributed by atoms with Crippen LogP contribution in [0.15, 0.2) is 65.1 Å². The van der Waals surface area contributed by atoms with E-state index in [9.17, 15) is 18.8 Å². The summed E-state index contributed by atoms with van der Waals surface area (Å²) in [5.41, 5.74) is 1.42. The highest BCUT2D eigenvalue weighted by Crippen LogP contribution is 2.25. The van der Waals surface area contributed by atoms with Crippen LogP contribution in [0.5, 0.6) is 0 Å². The van der Waals surface area contributed by atoms with Gasteiger partial charge in [-0.3, -0.25) is 9.69 Å². The molecule has 0 N–H and O–H groups in total. The van der Waals surface area contributed by atoms with Crippen LogP contribution < -0.4 is 0 Å². The largest absolute Gasteiger partial charge is 0.451 e. The lowest BCUT2D eigenvalue weighted by molar-refractivity contribution is 0.0577. The summed E-state index contributed by atoms with van der Waals surface area (Å²) in [6.45, 7) is 1.94. The van der Waals surface area contributed by atoms with Crippen LogP contribution >= 0.6 is 0 Å². The molecule has 7 heteroatoms. The molecule has 2 aromatic carbocycles. The Bertz CT molecular complexity index is 1060. The number of carbonyl (C=O) groups is 1. The van der Waals surface area contributed by atoms with Gasteiger partial charge in [-0.1, -0.05) is 12.1 Å². The number of halogens is 2. The minimum atomic E-state index is -0.489. The first-order chi connectivity index (χ1) is 14.5. The van der Waals surface area contributed by atoms with Crippen molar-refractivity contribution in [1.82, 2.24) is 9.80 Å². The molecule has 1 saturated heterocycles. The highest BCUT2D eigenvalue weighted by molar-refractivity contribution is 5.92. The van der Waals surface area contributed by atoms with E-state index in [0.29, 0.717) is 37.5 Å². The molecule has 1 aliphatic heterocycles. The van der Waals surface area contributed by atoms with Crippen LogP contribution in [0.25, 0.3) is 11.3 Å². The molecule has 0 bridgehead atoms. The van der Waals surface area contributed by atoms with Gasteiger partial charge in [-0.05, 0) is 54.1 Å². The van der Waals surface area contributed by atoms with Gasteiger partial charge in [0, 0.05) is 31.7 Å². The SMILES string of the molecule is N#CC(c1ccc(F)cc1)N1CCN(C(=O)c2ccc(-c3ccc(F)cc3)o2)CC1. The molecule has 1 amide bonds. The smallest absolute Gasteiger partial charge is 0.289 e. The monoisotopic (exact) mass is 407 g/mol. The van der Waals surface area contributed by atoms with E-state index in [-0.39, 0.29) is 23.3 Å². The number of nitrogens with zero attached hydrogens (tertiary/aromatic N) is 3. The molecule has 1 aromatic heterocycles. The number of amides is 1. The molecule has 0 radical (unpaired) electrons. The van der Waals surface area contributed by atoms with E-state index >= 15 is 0 Å². The number of rotatable bonds is 4. The van der Waals surface area contributed by atoms with Crippen molar-refractivity contribution in [2.45, 2.75) is 6.04 Å². The first-order valence-corrected chi connectivity index (χ1v) is 9.59. The summed E-state index contributed by atoms with van der Waals surface area (Å²) < 4.78 is 31.9. The number of hydrogen-bond donors (Lipinski definition) is 0. The van der Waals surface area contributed by atoms with Crippen molar-refractivity contribution >= 4 is 5.91 Å². The van der Waals surface area contributed by atoms with E-state index in [1.54, 1.807) is 41.3 Å². The molecule has 4 rings (SSSR count). The maximum atomic E-state index is 13.2. The third kappa shape index (κ3) is 4.09. The van der Waals surface area contributed by atoms with Gasteiger partial charge in [-0.2, -0.15) is 5.26 Å². The Balaban J connectivity index is 1.40. The number of nitriles is 1. The van der Waals surface area contributed by atoms with Crippen molar-refractivity contribution in [3.63, 3.8) is 0 Å². The molecule has 0 saturated carbocycles. The zero-order valence-electron chi connectivity index (χ0n) is 16.1. The second kappa shape index (κ2) is 8.47. The highest BCUT2D eigenvalue weighted by atomic mass is 19.1. The predicted molar refractivity (Wildman–Crippen MR) is 106 cm³/mol. The maximum Gasteiger partial charge on any atom is 0.289 e. The maximum absolute atomic E-state index is 13.2. The normalized spacial score (nSPS) is 15.6. The van der Waals surface area contributed by atoms with E-state index in [1.807, 2.05) is 4.90 Å². The molecule has 0 spiro atoms. The zero-order chi connectivity index (χ0) is 21.1. The fourth-order valence-electron chi connectivity index (χ4n) is 3.57. The molecule has 30 heavy (non-hydrogen) atoms. The summed E-state index contributed by atoms with van der Waals surface area (Å²) in [6.07, 6.45) is 0. The Morgan fingerprint density at radius 3 is 2.10 bits per heavy atom. The molecule has 2 heterocycles. The lowest BCUT2D eigenvalue weighted by atomic mass is 10.1. The molecule has 0 aliphatic carbocycles. The molecule has 3 aromatic rings. The number of hydrogen-bond acceptors (Lipinski definition) is 4. The van der Waals surface area contributed by atoms with Crippen LogP contribution in [0.3, 0.4) is 0 Å². The summed E-state index contributed by atoms with van der Waals surface area (Å²) in [7, 11) is 0. The van der Waals surface area contributed by atoms with Gasteiger partial charge in [-0.15, -0.1) is 0 Å². The average Bonchev–Trinajstić information content (AvgIpc) is 3.26. The van der Waals surface area contributed by atoms with E-state index < -0.39 is 6.04 Å². The number of furan rings is 1. The third-order valence-electron chi connectivity index (χ3n) is 5.22. The Labute approximate surface area is 172 Å². The molecule has 1 aliphatic rings. The predicted octanol–water partition coefficient (Wildman–Crippen LogP) is 4.25. The van der Waals surface area contributed by atoms with Crippen molar-refractivity contribution < 1.29 is 18.0 Å². The van der Waals surface area contributed by atoms with Crippen LogP contribution in [0.4, 0.5) is 8.78 Å². The molecular weight excluding hydrogens is 388 g/mol. The summed E-state index contributed by atoms with van der Waals surface area (Å²) in [4.78, 5) is 16.5. The van der Waals surface area contributed by atoms with Gasteiger partial charge in [0.2, 0.25) is 0 Å². The van der Waals surface area contributed by atoms with Crippen LogP contribution in [0.2, 0.25) is 0 Å². The van der Waals surface area contributed by atoms with E-state index in [4.69, 9.17) is 4.42 Å². The molecule has 152 valence electrons. The average molecular weight is 407 g/mol. The Kier molecular flexibility index (Phi) is 5.59. The summed E-state index contributed by atoms with van der Waals surface area (Å²) in [5, 5.41) is 9.58. The van der Waals surface area contributed by atoms with Crippen LogP contribution in [0.1, 0.15) is 22.2 Å². The molecular formula is C23H19F2N3O2. The second-order valence-corrected chi connectivity index (χ2v) is 7.08. The topological polar surface area (TPSA) is 60.5 Å². The summed E-state index contributed by atoms with van der Waals surface area (Å²) in [5.74, 6) is -0.186. The Morgan fingerprint density at radius 2 is 1.50 bits per heavy atom. The standard InChI is InChI=1S/C23H19F2N3O2/c24-18-5-1-16(2-6-18)20(15-26)27-11-13-28(14-12-27)23(29)22-10-9-21(30-22)17-3-7-19(25)8-4-17/h1-10,20H,11-14H2. The number of benzene rings is 2. The van der Waals surface area contributed by atoms with E-state index in [2.05, 4.69) is 6.07 Å². The van der Waals surface area contributed by atoms with Crippen molar-refractivity contribution in [2.75, 3.05) is 26.2 Å². The minimum Gasteiger partial charge on any atom is -0.451 e. The Morgan fingerprint density at radius 1 is 0.900 bits per heavy atom. The number of carbonyl (C=O) groups excluding carboxylic acids is 1. The van der Waals surface area contributed by atoms with E-state index in [1.165, 1.54) is 24.3 Å². The van der Waals surface area contributed by atoms with Crippen molar-refractivity contribution in [3.8, 4) is 17.4 Å². The Hall–Kier alpha value is -3.50. The van der Waals surface area contributed by atoms with Gasteiger partial charge in [0.1, 0.15) is 23.4 Å². The second-order valence-electron chi connectivity index (χ2n) is 7.08. The van der Waals surface area contributed by atoms with E-state index in [0.717, 1.165) is 5.56 Å².